The molecule has 0 spiro atoms. The minimum Gasteiger partial charge on any atom is -0.465 e. The third-order valence-electron chi connectivity index (χ3n) is 2.86. The zero-order valence-electron chi connectivity index (χ0n) is 13.3. The minimum absolute atomic E-state index is 0.327. The monoisotopic (exact) mass is 383 g/mol. The average molecular weight is 384 g/mol. The number of ether oxygens (including phenoxy) is 2. The highest BCUT2D eigenvalue weighted by atomic mass is 79.9. The number of methoxy groups -OCH3 is 1. The van der Waals surface area contributed by atoms with Crippen molar-refractivity contribution < 1.29 is 23.5 Å². The number of carbonyl (C=O) groups is 2. The van der Waals surface area contributed by atoms with Gasteiger partial charge in [-0.2, -0.15) is 0 Å². The largest absolute Gasteiger partial charge is 0.465 e. The number of amides is 1. The molecule has 1 aromatic heterocycles. The molecule has 7 heteroatoms. The summed E-state index contributed by atoms with van der Waals surface area (Å²) in [5, 5.41) is 3.36. The Morgan fingerprint density at radius 2 is 2.00 bits per heavy atom. The first-order valence-corrected chi connectivity index (χ1v) is 7.87. The standard InChI is InChI=1S/C16H18BrNO5/c1-16(2,3)23-15(20)18-13(17)11-8-9-6-5-7-10(12(9)22-11)14(19)21-4/h5-8,13H,1-4H3,(H,18,20). The van der Waals surface area contributed by atoms with E-state index in [0.29, 0.717) is 16.9 Å². The van der Waals surface area contributed by atoms with Gasteiger partial charge in [0.05, 0.1) is 7.11 Å². The second kappa shape index (κ2) is 6.62. The third kappa shape index (κ3) is 4.25. The van der Waals surface area contributed by atoms with Crippen molar-refractivity contribution in [2.45, 2.75) is 31.3 Å². The van der Waals surface area contributed by atoms with Crippen LogP contribution in [0.4, 0.5) is 4.79 Å². The predicted molar refractivity (Wildman–Crippen MR) is 88.6 cm³/mol. The number of carbonyl (C=O) groups excluding carboxylic acids is 2. The lowest BCUT2D eigenvalue weighted by molar-refractivity contribution is 0.0517. The molecule has 2 rings (SSSR count). The number of esters is 1. The maximum absolute atomic E-state index is 11.8. The second-order valence-electron chi connectivity index (χ2n) is 5.87. The van der Waals surface area contributed by atoms with E-state index in [9.17, 15) is 9.59 Å². The van der Waals surface area contributed by atoms with Gasteiger partial charge in [0.2, 0.25) is 0 Å². The average Bonchev–Trinajstić information content (AvgIpc) is 2.88. The van der Waals surface area contributed by atoms with Gasteiger partial charge in [-0.15, -0.1) is 0 Å². The smallest absolute Gasteiger partial charge is 0.408 e. The molecule has 1 aromatic carbocycles. The molecule has 2 aromatic rings. The molecule has 23 heavy (non-hydrogen) atoms. The molecule has 1 amide bonds. The number of alkyl carbamates (subject to hydrolysis) is 1. The number of benzene rings is 1. The van der Waals surface area contributed by atoms with Crippen molar-refractivity contribution in [3.63, 3.8) is 0 Å². The van der Waals surface area contributed by atoms with Gasteiger partial charge in [0, 0.05) is 5.39 Å². The number of rotatable bonds is 3. The van der Waals surface area contributed by atoms with Crippen LogP contribution in [0.5, 0.6) is 0 Å². The van der Waals surface area contributed by atoms with Crippen molar-refractivity contribution in [3.8, 4) is 0 Å². The summed E-state index contributed by atoms with van der Waals surface area (Å²) in [4.78, 5) is 23.0. The molecule has 1 heterocycles. The Morgan fingerprint density at radius 3 is 2.61 bits per heavy atom. The fourth-order valence-electron chi connectivity index (χ4n) is 1.96. The molecule has 1 unspecified atom stereocenters. The van der Waals surface area contributed by atoms with E-state index < -0.39 is 22.6 Å². The Bertz CT molecular complexity index is 732. The van der Waals surface area contributed by atoms with E-state index in [-0.39, 0.29) is 0 Å². The molecule has 0 radical (unpaired) electrons. The van der Waals surface area contributed by atoms with E-state index in [2.05, 4.69) is 21.2 Å². The van der Waals surface area contributed by atoms with E-state index in [1.165, 1.54) is 7.11 Å². The highest BCUT2D eigenvalue weighted by Crippen LogP contribution is 2.30. The van der Waals surface area contributed by atoms with E-state index >= 15 is 0 Å². The molecule has 0 aliphatic rings. The van der Waals surface area contributed by atoms with Crippen LogP contribution < -0.4 is 5.32 Å². The summed E-state index contributed by atoms with van der Waals surface area (Å²) in [6.07, 6.45) is -0.576. The first-order chi connectivity index (χ1) is 10.7. The highest BCUT2D eigenvalue weighted by molar-refractivity contribution is 9.09. The van der Waals surface area contributed by atoms with Crippen molar-refractivity contribution >= 4 is 39.0 Å². The van der Waals surface area contributed by atoms with Crippen molar-refractivity contribution in [2.24, 2.45) is 0 Å². The van der Waals surface area contributed by atoms with Crippen LogP contribution in [0.2, 0.25) is 0 Å². The Kier molecular flexibility index (Phi) is 4.99. The van der Waals surface area contributed by atoms with Gasteiger partial charge in [-0.3, -0.25) is 0 Å². The van der Waals surface area contributed by atoms with Crippen molar-refractivity contribution in [3.05, 3.63) is 35.6 Å². The summed E-state index contributed by atoms with van der Waals surface area (Å²) in [5.74, 6) is -0.0371. The van der Waals surface area contributed by atoms with Crippen molar-refractivity contribution in [2.75, 3.05) is 7.11 Å². The highest BCUT2D eigenvalue weighted by Gasteiger charge is 2.22. The SMILES string of the molecule is COC(=O)c1cccc2cc(C(Br)NC(=O)OC(C)(C)C)oc12. The summed E-state index contributed by atoms with van der Waals surface area (Å²) in [7, 11) is 1.31. The van der Waals surface area contributed by atoms with Gasteiger partial charge < -0.3 is 19.2 Å². The summed E-state index contributed by atoms with van der Waals surface area (Å²) >= 11 is 3.33. The summed E-state index contributed by atoms with van der Waals surface area (Å²) in [6, 6.07) is 6.89. The normalized spacial score (nSPS) is 12.7. The van der Waals surface area contributed by atoms with E-state index in [4.69, 9.17) is 13.9 Å². The molecule has 0 aliphatic heterocycles. The lowest BCUT2D eigenvalue weighted by Crippen LogP contribution is -2.33. The van der Waals surface area contributed by atoms with Gasteiger partial charge in [-0.25, -0.2) is 9.59 Å². The van der Waals surface area contributed by atoms with E-state index in [1.807, 2.05) is 6.07 Å². The molecule has 1 N–H and O–H groups in total. The fraction of sp³-hybridized carbons (Fsp3) is 0.375. The van der Waals surface area contributed by atoms with E-state index in [1.54, 1.807) is 39.0 Å². The van der Waals surface area contributed by atoms with Crippen LogP contribution in [-0.2, 0) is 9.47 Å². The van der Waals surface area contributed by atoms with Crippen molar-refractivity contribution in [1.29, 1.82) is 0 Å². The Hall–Kier alpha value is -2.02. The number of halogens is 1. The van der Waals surface area contributed by atoms with Gasteiger partial charge >= 0.3 is 12.1 Å². The lowest BCUT2D eigenvalue weighted by atomic mass is 10.1. The molecule has 1 atom stereocenters. The maximum Gasteiger partial charge on any atom is 0.408 e. The van der Waals surface area contributed by atoms with Crippen LogP contribution in [0.3, 0.4) is 0 Å². The molecular formula is C16H18BrNO5. The van der Waals surface area contributed by atoms with Gasteiger partial charge in [-0.05, 0) is 32.9 Å². The molecule has 124 valence electrons. The molecule has 0 fully saturated rings. The summed E-state index contributed by atoms with van der Waals surface area (Å²) in [5.41, 5.74) is 0.140. The second-order valence-corrected chi connectivity index (χ2v) is 6.79. The van der Waals surface area contributed by atoms with Crippen LogP contribution in [-0.4, -0.2) is 24.8 Å². The number of nitrogens with one attached hydrogen (secondary N) is 1. The molecule has 0 bridgehead atoms. The van der Waals surface area contributed by atoms with Gasteiger partial charge in [0.25, 0.3) is 0 Å². The van der Waals surface area contributed by atoms with Crippen LogP contribution >= 0.6 is 15.9 Å². The van der Waals surface area contributed by atoms with Gasteiger partial charge in [-0.1, -0.05) is 28.1 Å². The first kappa shape index (κ1) is 17.3. The van der Waals surface area contributed by atoms with E-state index in [0.717, 1.165) is 5.39 Å². The number of alkyl halides is 1. The van der Waals surface area contributed by atoms with Gasteiger partial charge in [0.1, 0.15) is 27.5 Å². The van der Waals surface area contributed by atoms with Crippen LogP contribution in [0.25, 0.3) is 11.0 Å². The third-order valence-corrected chi connectivity index (χ3v) is 3.54. The van der Waals surface area contributed by atoms with Crippen LogP contribution in [0.15, 0.2) is 28.7 Å². The predicted octanol–water partition coefficient (Wildman–Crippen LogP) is 4.14. The quantitative estimate of drug-likeness (QED) is 0.489. The Morgan fingerprint density at radius 1 is 1.30 bits per heavy atom. The zero-order valence-corrected chi connectivity index (χ0v) is 14.9. The lowest BCUT2D eigenvalue weighted by Gasteiger charge is -2.20. The Balaban J connectivity index is 2.23. The van der Waals surface area contributed by atoms with Crippen LogP contribution in [0.1, 0.15) is 41.8 Å². The molecular weight excluding hydrogens is 366 g/mol. The van der Waals surface area contributed by atoms with Crippen molar-refractivity contribution in [1.82, 2.24) is 5.32 Å². The zero-order chi connectivity index (χ0) is 17.2. The number of hydrogen-bond donors (Lipinski definition) is 1. The topological polar surface area (TPSA) is 77.8 Å². The Labute approximate surface area is 142 Å². The summed E-state index contributed by atoms with van der Waals surface area (Å²) in [6.45, 7) is 5.33. The minimum atomic E-state index is -0.595. The molecule has 0 saturated carbocycles. The number of fused-ring (bicyclic) bond motifs is 1. The maximum atomic E-state index is 11.8. The number of para-hydroxylation sites is 1. The number of furan rings is 1. The molecule has 6 nitrogen and oxygen atoms in total. The fourth-order valence-corrected chi connectivity index (χ4v) is 2.37. The molecule has 0 saturated heterocycles. The number of hydrogen-bond acceptors (Lipinski definition) is 5. The van der Waals surface area contributed by atoms with Gasteiger partial charge in [0.15, 0.2) is 0 Å². The first-order valence-electron chi connectivity index (χ1n) is 6.95. The summed E-state index contributed by atoms with van der Waals surface area (Å²) < 4.78 is 15.6. The van der Waals surface area contributed by atoms with Crippen LogP contribution in [0, 0.1) is 0 Å². The molecule has 0 aliphatic carbocycles.